The molecule has 1 amide bonds. The summed E-state index contributed by atoms with van der Waals surface area (Å²) in [6.45, 7) is 2.90. The van der Waals surface area contributed by atoms with Crippen molar-refractivity contribution in [3.63, 3.8) is 0 Å². The zero-order valence-electron chi connectivity index (χ0n) is 17.9. The zero-order valence-corrected chi connectivity index (χ0v) is 17.9. The number of nitrogens with two attached hydrogens (primary N) is 1. The Morgan fingerprint density at radius 2 is 1.75 bits per heavy atom. The molecule has 0 aliphatic carbocycles. The number of rotatable bonds is 10. The fourth-order valence-electron chi connectivity index (χ4n) is 3.26. The maximum absolute atomic E-state index is 12.5. The molecule has 1 aromatic heterocycles. The van der Waals surface area contributed by atoms with Crippen molar-refractivity contribution in [1.82, 2.24) is 14.9 Å². The summed E-state index contributed by atoms with van der Waals surface area (Å²) in [5.41, 5.74) is 5.95. The Morgan fingerprint density at radius 1 is 1.09 bits per heavy atom. The second-order valence-corrected chi connectivity index (χ2v) is 7.09. The molecule has 168 valence electrons. The van der Waals surface area contributed by atoms with Gasteiger partial charge in [0.25, 0.3) is 5.56 Å². The number of carbonyl (C=O) groups is 1. The minimum Gasteiger partial charge on any atom is -0.492 e. The van der Waals surface area contributed by atoms with Gasteiger partial charge in [0.15, 0.2) is 0 Å². The number of ether oxygens (including phenoxy) is 1. The summed E-state index contributed by atoms with van der Waals surface area (Å²) in [4.78, 5) is 41.2. The van der Waals surface area contributed by atoms with Crippen LogP contribution in [0.3, 0.4) is 0 Å². The van der Waals surface area contributed by atoms with Crippen molar-refractivity contribution in [3.05, 3.63) is 87.1 Å². The number of para-hydroxylation sites is 1. The highest BCUT2D eigenvalue weighted by molar-refractivity contribution is 5.82. The first-order chi connectivity index (χ1) is 15.5. The molecule has 0 radical (unpaired) electrons. The van der Waals surface area contributed by atoms with Gasteiger partial charge in [0.05, 0.1) is 19.6 Å². The summed E-state index contributed by atoms with van der Waals surface area (Å²) in [6.07, 6.45) is 0. The molecule has 0 bridgehead atoms. The minimum absolute atomic E-state index is 0.0182. The van der Waals surface area contributed by atoms with Crippen LogP contribution in [0.4, 0.5) is 11.5 Å². The predicted octanol–water partition coefficient (Wildman–Crippen LogP) is 1.19. The molecule has 0 aliphatic rings. The van der Waals surface area contributed by atoms with E-state index in [0.717, 1.165) is 11.3 Å². The van der Waals surface area contributed by atoms with Gasteiger partial charge >= 0.3 is 5.69 Å². The van der Waals surface area contributed by atoms with Crippen molar-refractivity contribution in [1.29, 1.82) is 0 Å². The Hall–Kier alpha value is -4.01. The Morgan fingerprint density at radius 3 is 2.41 bits per heavy atom. The first-order valence-corrected chi connectivity index (χ1v) is 10.4. The van der Waals surface area contributed by atoms with Crippen LogP contribution in [0.1, 0.15) is 12.5 Å². The van der Waals surface area contributed by atoms with Crippen LogP contribution in [0.25, 0.3) is 0 Å². The van der Waals surface area contributed by atoms with E-state index in [1.165, 1.54) is 4.57 Å². The molecule has 0 unspecified atom stereocenters. The molecular weight excluding hydrogens is 410 g/mol. The summed E-state index contributed by atoms with van der Waals surface area (Å²) in [7, 11) is 0. The lowest BCUT2D eigenvalue weighted by molar-refractivity contribution is -0.119. The van der Waals surface area contributed by atoms with Gasteiger partial charge in [-0.15, -0.1) is 0 Å². The van der Waals surface area contributed by atoms with Crippen LogP contribution in [0.2, 0.25) is 0 Å². The Bertz CT molecular complexity index is 1140. The van der Waals surface area contributed by atoms with E-state index in [-0.39, 0.29) is 30.5 Å². The number of benzene rings is 2. The van der Waals surface area contributed by atoms with Crippen LogP contribution in [-0.2, 0) is 11.3 Å². The van der Waals surface area contributed by atoms with Gasteiger partial charge in [-0.2, -0.15) is 0 Å². The number of nitrogens with one attached hydrogen (secondary N) is 2. The van der Waals surface area contributed by atoms with Crippen molar-refractivity contribution in [2.45, 2.75) is 13.5 Å². The molecule has 0 saturated heterocycles. The van der Waals surface area contributed by atoms with Crippen LogP contribution in [0.5, 0.6) is 5.75 Å². The molecule has 0 spiro atoms. The fourth-order valence-corrected chi connectivity index (χ4v) is 3.26. The summed E-state index contributed by atoms with van der Waals surface area (Å²) in [5.74, 6) is 0.449. The van der Waals surface area contributed by atoms with E-state index < -0.39 is 11.2 Å². The largest absolute Gasteiger partial charge is 0.492 e. The second-order valence-electron chi connectivity index (χ2n) is 7.09. The van der Waals surface area contributed by atoms with E-state index >= 15 is 0 Å². The molecule has 0 atom stereocenters. The molecule has 1 heterocycles. The molecule has 0 aliphatic heterocycles. The first kappa shape index (κ1) is 22.7. The number of anilines is 2. The molecule has 3 rings (SSSR count). The van der Waals surface area contributed by atoms with E-state index in [9.17, 15) is 14.4 Å². The Labute approximate surface area is 185 Å². The number of carbonyl (C=O) groups excluding carboxylic acids is 1. The number of hydrogen-bond donors (Lipinski definition) is 3. The first-order valence-electron chi connectivity index (χ1n) is 10.4. The van der Waals surface area contributed by atoms with Gasteiger partial charge in [0.2, 0.25) is 5.91 Å². The fraction of sp³-hybridized carbons (Fsp3) is 0.261. The summed E-state index contributed by atoms with van der Waals surface area (Å²) < 4.78 is 6.85. The van der Waals surface area contributed by atoms with Crippen LogP contribution in [0, 0.1) is 0 Å². The lowest BCUT2D eigenvalue weighted by Gasteiger charge is -2.24. The zero-order chi connectivity index (χ0) is 22.9. The van der Waals surface area contributed by atoms with Crippen LogP contribution in [0.15, 0.2) is 70.3 Å². The molecule has 0 saturated carbocycles. The molecule has 9 heteroatoms. The number of hydrogen-bond acceptors (Lipinski definition) is 6. The third kappa shape index (κ3) is 5.78. The lowest BCUT2D eigenvalue weighted by atomic mass is 10.2. The van der Waals surface area contributed by atoms with E-state index in [1.807, 2.05) is 60.7 Å². The van der Waals surface area contributed by atoms with Crippen LogP contribution >= 0.6 is 0 Å². The average Bonchev–Trinajstić information content (AvgIpc) is 2.80. The van der Waals surface area contributed by atoms with Crippen molar-refractivity contribution >= 4 is 17.4 Å². The molecule has 3 aromatic rings. The number of amides is 1. The smallest absolute Gasteiger partial charge is 0.330 e. The number of nitrogen functional groups attached to an aromatic ring is 1. The maximum Gasteiger partial charge on any atom is 0.330 e. The number of likely N-dealkylation sites (N-methyl/N-ethyl adjacent to an activating group) is 1. The third-order valence-electron chi connectivity index (χ3n) is 4.87. The number of aromatic amines is 1. The number of nitrogens with zero attached hydrogens (tertiary/aromatic N) is 2. The summed E-state index contributed by atoms with van der Waals surface area (Å²) >= 11 is 0. The van der Waals surface area contributed by atoms with Crippen LogP contribution in [-0.4, -0.2) is 41.7 Å². The Balaban J connectivity index is 1.68. The second kappa shape index (κ2) is 10.9. The third-order valence-corrected chi connectivity index (χ3v) is 4.87. The van der Waals surface area contributed by atoms with Gasteiger partial charge in [-0.05, 0) is 24.6 Å². The maximum atomic E-state index is 12.5. The van der Waals surface area contributed by atoms with Gasteiger partial charge in [0.1, 0.15) is 23.9 Å². The normalized spacial score (nSPS) is 10.5. The number of H-pyrrole nitrogens is 1. The van der Waals surface area contributed by atoms with E-state index in [0.29, 0.717) is 19.7 Å². The SMILES string of the molecule is CCN(CC(=O)NCCOc1ccccc1)c1c(N)n(Cc2ccccc2)c(=O)[nH]c1=O. The topological polar surface area (TPSA) is 122 Å². The van der Waals surface area contributed by atoms with Crippen molar-refractivity contribution in [2.75, 3.05) is 36.9 Å². The molecule has 4 N–H and O–H groups in total. The summed E-state index contributed by atoms with van der Waals surface area (Å²) in [5, 5.41) is 2.77. The van der Waals surface area contributed by atoms with Crippen molar-refractivity contribution in [3.8, 4) is 5.75 Å². The highest BCUT2D eigenvalue weighted by Gasteiger charge is 2.20. The van der Waals surface area contributed by atoms with E-state index in [2.05, 4.69) is 10.3 Å². The monoisotopic (exact) mass is 437 g/mol. The van der Waals surface area contributed by atoms with E-state index in [1.54, 1.807) is 11.8 Å². The quantitative estimate of drug-likeness (QED) is 0.410. The van der Waals surface area contributed by atoms with Gasteiger partial charge in [0, 0.05) is 6.54 Å². The van der Waals surface area contributed by atoms with Gasteiger partial charge in [-0.1, -0.05) is 48.5 Å². The average molecular weight is 438 g/mol. The van der Waals surface area contributed by atoms with Crippen LogP contribution < -0.4 is 31.9 Å². The highest BCUT2D eigenvalue weighted by atomic mass is 16.5. The van der Waals surface area contributed by atoms with Gasteiger partial charge in [-0.3, -0.25) is 19.1 Å². The Kier molecular flexibility index (Phi) is 7.69. The number of aromatic nitrogens is 2. The van der Waals surface area contributed by atoms with Crippen molar-refractivity contribution in [2.24, 2.45) is 0 Å². The lowest BCUT2D eigenvalue weighted by Crippen LogP contribution is -2.43. The predicted molar refractivity (Wildman–Crippen MR) is 124 cm³/mol. The molecule has 0 fully saturated rings. The molecule has 32 heavy (non-hydrogen) atoms. The standard InChI is InChI=1S/C23H27N5O4/c1-2-27(16-19(29)25-13-14-32-18-11-7-4-8-12-18)20-21(24)28(23(31)26-22(20)30)15-17-9-5-3-6-10-17/h3-12H,2,13-16,24H2,1H3,(H,25,29)(H,26,30,31). The highest BCUT2D eigenvalue weighted by Crippen LogP contribution is 2.17. The van der Waals surface area contributed by atoms with Crippen molar-refractivity contribution < 1.29 is 9.53 Å². The summed E-state index contributed by atoms with van der Waals surface area (Å²) in [6, 6.07) is 18.6. The molecular formula is C23H27N5O4. The van der Waals surface area contributed by atoms with E-state index in [4.69, 9.17) is 10.5 Å². The minimum atomic E-state index is -0.626. The van der Waals surface area contributed by atoms with Gasteiger partial charge in [-0.25, -0.2) is 4.79 Å². The van der Waals surface area contributed by atoms with Gasteiger partial charge < -0.3 is 20.7 Å². The molecule has 2 aromatic carbocycles. The molecule has 9 nitrogen and oxygen atoms in total.